The molecule has 1 aliphatic rings. The number of benzene rings is 2. The maximum absolute atomic E-state index is 12.5. The molecule has 9 nitrogen and oxygen atoms in total. The van der Waals surface area contributed by atoms with Crippen LogP contribution in [-0.4, -0.2) is 53.2 Å². The number of aromatic nitrogens is 2. The van der Waals surface area contributed by atoms with Gasteiger partial charge in [-0.1, -0.05) is 0 Å². The second kappa shape index (κ2) is 9.61. The van der Waals surface area contributed by atoms with Crippen LogP contribution in [0, 0.1) is 0 Å². The Balaban J connectivity index is 1.40. The molecule has 1 fully saturated rings. The van der Waals surface area contributed by atoms with Gasteiger partial charge in [-0.15, -0.1) is 0 Å². The van der Waals surface area contributed by atoms with E-state index in [4.69, 9.17) is 4.74 Å². The van der Waals surface area contributed by atoms with Crippen molar-refractivity contribution < 1.29 is 14.3 Å². The van der Waals surface area contributed by atoms with Crippen LogP contribution in [0.15, 0.2) is 53.6 Å². The van der Waals surface area contributed by atoms with Gasteiger partial charge in [0.15, 0.2) is 0 Å². The van der Waals surface area contributed by atoms with E-state index in [0.717, 1.165) is 25.9 Å². The van der Waals surface area contributed by atoms with Crippen LogP contribution in [0.3, 0.4) is 0 Å². The van der Waals surface area contributed by atoms with Crippen molar-refractivity contribution in [3.8, 4) is 0 Å². The monoisotopic (exact) mass is 435 g/mol. The Morgan fingerprint density at radius 2 is 1.72 bits per heavy atom. The number of ether oxygens (including phenoxy) is 1. The number of anilines is 2. The fraction of sp³-hybridized carbons (Fsp3) is 0.304. The summed E-state index contributed by atoms with van der Waals surface area (Å²) in [4.78, 5) is 43.5. The number of nitrogens with one attached hydrogen (secondary N) is 2. The molecule has 1 aliphatic heterocycles. The largest absolute Gasteiger partial charge is 0.383 e. The molecule has 0 aliphatic carbocycles. The van der Waals surface area contributed by atoms with Crippen molar-refractivity contribution in [1.29, 1.82) is 0 Å². The molecule has 0 bridgehead atoms. The van der Waals surface area contributed by atoms with E-state index in [1.54, 1.807) is 49.6 Å². The van der Waals surface area contributed by atoms with Gasteiger partial charge in [0.25, 0.3) is 11.5 Å². The van der Waals surface area contributed by atoms with Crippen molar-refractivity contribution in [3.05, 3.63) is 64.7 Å². The Kier molecular flexibility index (Phi) is 6.46. The fourth-order valence-electron chi connectivity index (χ4n) is 3.68. The van der Waals surface area contributed by atoms with E-state index in [-0.39, 0.29) is 11.5 Å². The predicted molar refractivity (Wildman–Crippen MR) is 122 cm³/mol. The third-order valence-electron chi connectivity index (χ3n) is 5.40. The van der Waals surface area contributed by atoms with Crippen molar-refractivity contribution in [2.24, 2.45) is 0 Å². The summed E-state index contributed by atoms with van der Waals surface area (Å²) in [6.07, 6.45) is 3.55. The number of methoxy groups -OCH3 is 1. The zero-order valence-electron chi connectivity index (χ0n) is 17.8. The molecule has 0 spiro atoms. The van der Waals surface area contributed by atoms with Gasteiger partial charge in [-0.2, -0.15) is 0 Å². The summed E-state index contributed by atoms with van der Waals surface area (Å²) in [5.41, 5.74) is 2.02. The molecule has 166 valence electrons. The lowest BCUT2D eigenvalue weighted by molar-refractivity contribution is 0.0793. The first-order valence-corrected chi connectivity index (χ1v) is 10.5. The first kappa shape index (κ1) is 21.5. The number of carbonyl (C=O) groups excluding carboxylic acids is 2. The molecular formula is C23H25N5O4. The number of likely N-dealkylation sites (tertiary alicyclic amines) is 1. The molecule has 9 heteroatoms. The highest BCUT2D eigenvalue weighted by atomic mass is 16.5. The van der Waals surface area contributed by atoms with Crippen LogP contribution in [0.5, 0.6) is 0 Å². The molecule has 4 rings (SSSR count). The van der Waals surface area contributed by atoms with Crippen molar-refractivity contribution in [1.82, 2.24) is 14.5 Å². The number of hydrogen-bond acceptors (Lipinski definition) is 5. The second-order valence-corrected chi connectivity index (χ2v) is 7.62. The minimum absolute atomic E-state index is 0.0171. The van der Waals surface area contributed by atoms with Gasteiger partial charge in [-0.3, -0.25) is 14.2 Å². The summed E-state index contributed by atoms with van der Waals surface area (Å²) < 4.78 is 6.49. The lowest BCUT2D eigenvalue weighted by atomic mass is 10.2. The smallest absolute Gasteiger partial charge is 0.323 e. The van der Waals surface area contributed by atoms with Gasteiger partial charge < -0.3 is 20.3 Å². The van der Waals surface area contributed by atoms with Crippen LogP contribution in [0.25, 0.3) is 10.9 Å². The van der Waals surface area contributed by atoms with E-state index >= 15 is 0 Å². The zero-order valence-corrected chi connectivity index (χ0v) is 17.8. The third kappa shape index (κ3) is 4.78. The molecule has 2 heterocycles. The third-order valence-corrected chi connectivity index (χ3v) is 5.40. The molecule has 0 radical (unpaired) electrons. The van der Waals surface area contributed by atoms with E-state index in [1.807, 2.05) is 4.90 Å². The summed E-state index contributed by atoms with van der Waals surface area (Å²) in [5, 5.41) is 5.95. The average molecular weight is 435 g/mol. The summed E-state index contributed by atoms with van der Waals surface area (Å²) in [7, 11) is 1.57. The molecule has 32 heavy (non-hydrogen) atoms. The van der Waals surface area contributed by atoms with Gasteiger partial charge in [-0.25, -0.2) is 9.78 Å². The average Bonchev–Trinajstić information content (AvgIpc) is 3.34. The highest BCUT2D eigenvalue weighted by Crippen LogP contribution is 2.17. The molecule has 0 atom stereocenters. The summed E-state index contributed by atoms with van der Waals surface area (Å²) in [6, 6.07) is 11.3. The SMILES string of the molecule is COCCn1cnc2cc(NC(=O)Nc3ccc(C(=O)N4CCCC4)cc3)ccc2c1=O. The lowest BCUT2D eigenvalue weighted by Crippen LogP contribution is -2.27. The molecule has 0 unspecified atom stereocenters. The van der Waals surface area contributed by atoms with Crippen molar-refractivity contribution in [2.45, 2.75) is 19.4 Å². The van der Waals surface area contributed by atoms with Gasteiger partial charge in [-0.05, 0) is 55.3 Å². The van der Waals surface area contributed by atoms with E-state index in [0.29, 0.717) is 41.0 Å². The molecule has 0 saturated carbocycles. The number of carbonyl (C=O) groups is 2. The highest BCUT2D eigenvalue weighted by Gasteiger charge is 2.19. The number of fused-ring (bicyclic) bond motifs is 1. The van der Waals surface area contributed by atoms with Crippen LogP contribution in [-0.2, 0) is 11.3 Å². The molecule has 1 saturated heterocycles. The Morgan fingerprint density at radius 3 is 2.44 bits per heavy atom. The van der Waals surface area contributed by atoms with Crippen molar-refractivity contribution in [2.75, 3.05) is 37.4 Å². The summed E-state index contributed by atoms with van der Waals surface area (Å²) >= 11 is 0. The molecule has 1 aromatic heterocycles. The minimum atomic E-state index is -0.434. The second-order valence-electron chi connectivity index (χ2n) is 7.62. The van der Waals surface area contributed by atoms with Gasteiger partial charge in [0.05, 0.1) is 30.4 Å². The summed E-state index contributed by atoms with van der Waals surface area (Å²) in [5.74, 6) is 0.0171. The van der Waals surface area contributed by atoms with Crippen LogP contribution < -0.4 is 16.2 Å². The van der Waals surface area contributed by atoms with Gasteiger partial charge in [0, 0.05) is 37.1 Å². The molecule has 2 aromatic carbocycles. The van der Waals surface area contributed by atoms with Gasteiger partial charge in [0.1, 0.15) is 0 Å². The fourth-order valence-corrected chi connectivity index (χ4v) is 3.68. The quantitative estimate of drug-likeness (QED) is 0.619. The standard InChI is InChI=1S/C23H25N5O4/c1-32-13-12-28-15-24-20-14-18(8-9-19(20)22(28)30)26-23(31)25-17-6-4-16(5-7-17)21(29)27-10-2-3-11-27/h4-9,14-15H,2-3,10-13H2,1H3,(H2,25,26,31). The topological polar surface area (TPSA) is 106 Å². The van der Waals surface area contributed by atoms with Gasteiger partial charge in [0.2, 0.25) is 0 Å². The normalized spacial score (nSPS) is 13.3. The van der Waals surface area contributed by atoms with Crippen LogP contribution in [0.4, 0.5) is 16.2 Å². The Morgan fingerprint density at radius 1 is 1.03 bits per heavy atom. The van der Waals surface area contributed by atoms with Crippen molar-refractivity contribution >= 4 is 34.2 Å². The first-order chi connectivity index (χ1) is 15.5. The highest BCUT2D eigenvalue weighted by molar-refractivity contribution is 6.01. The predicted octanol–water partition coefficient (Wildman–Crippen LogP) is 2.92. The number of rotatable bonds is 6. The number of hydrogen-bond donors (Lipinski definition) is 2. The molecule has 3 aromatic rings. The molecular weight excluding hydrogens is 410 g/mol. The first-order valence-electron chi connectivity index (χ1n) is 10.5. The molecule has 2 N–H and O–H groups in total. The Hall–Kier alpha value is -3.72. The lowest BCUT2D eigenvalue weighted by Gasteiger charge is -2.15. The number of nitrogens with zero attached hydrogens (tertiary/aromatic N) is 3. The summed E-state index contributed by atoms with van der Waals surface area (Å²) in [6.45, 7) is 2.43. The van der Waals surface area contributed by atoms with E-state index < -0.39 is 6.03 Å². The van der Waals surface area contributed by atoms with E-state index in [9.17, 15) is 14.4 Å². The zero-order chi connectivity index (χ0) is 22.5. The minimum Gasteiger partial charge on any atom is -0.383 e. The van der Waals surface area contributed by atoms with Crippen LogP contribution >= 0.6 is 0 Å². The number of urea groups is 1. The van der Waals surface area contributed by atoms with Crippen molar-refractivity contribution in [3.63, 3.8) is 0 Å². The van der Waals surface area contributed by atoms with Gasteiger partial charge >= 0.3 is 6.03 Å². The van der Waals surface area contributed by atoms with E-state index in [2.05, 4.69) is 15.6 Å². The maximum Gasteiger partial charge on any atom is 0.323 e. The Labute approximate surface area is 185 Å². The van der Waals surface area contributed by atoms with Crippen LogP contribution in [0.1, 0.15) is 23.2 Å². The number of amides is 3. The van der Waals surface area contributed by atoms with E-state index in [1.165, 1.54) is 10.9 Å². The maximum atomic E-state index is 12.5. The van der Waals surface area contributed by atoms with Crippen LogP contribution in [0.2, 0.25) is 0 Å². The Bertz CT molecular complexity index is 1180. The molecule has 3 amide bonds.